The molecule has 4 rings (SSSR count). The second kappa shape index (κ2) is 9.26. The number of methoxy groups -OCH3 is 2. The van der Waals surface area contributed by atoms with Crippen LogP contribution in [0.2, 0.25) is 0 Å². The molecule has 0 radical (unpaired) electrons. The molecule has 0 saturated carbocycles. The fourth-order valence-corrected chi connectivity index (χ4v) is 5.27. The lowest BCUT2D eigenvalue weighted by molar-refractivity contribution is -0.132. The zero-order valence-corrected chi connectivity index (χ0v) is 18.0. The molecule has 1 fully saturated rings. The Balaban J connectivity index is 1.74. The van der Waals surface area contributed by atoms with Gasteiger partial charge in [0.25, 0.3) is 0 Å². The van der Waals surface area contributed by atoms with E-state index in [1.807, 2.05) is 83.8 Å². The minimum atomic E-state index is -0.342. The summed E-state index contributed by atoms with van der Waals surface area (Å²) in [6.45, 7) is 0.699. The molecule has 0 spiro atoms. The minimum Gasteiger partial charge on any atom is -0.493 e. The van der Waals surface area contributed by atoms with E-state index in [9.17, 15) is 4.79 Å². The second-order valence-corrected chi connectivity index (χ2v) is 8.28. The van der Waals surface area contributed by atoms with Crippen LogP contribution in [0.3, 0.4) is 0 Å². The Labute approximate surface area is 181 Å². The zero-order chi connectivity index (χ0) is 20.9. The lowest BCUT2D eigenvalue weighted by atomic mass is 9.90. The number of amides is 1. The van der Waals surface area contributed by atoms with Crippen molar-refractivity contribution in [1.82, 2.24) is 4.90 Å². The van der Waals surface area contributed by atoms with Crippen molar-refractivity contribution in [3.63, 3.8) is 0 Å². The number of carbonyl (C=O) groups excluding carboxylic acids is 1. The van der Waals surface area contributed by atoms with Crippen molar-refractivity contribution in [3.8, 4) is 11.5 Å². The molecule has 1 amide bonds. The summed E-state index contributed by atoms with van der Waals surface area (Å²) in [7, 11) is 3.27. The smallest absolute Gasteiger partial charge is 0.235 e. The monoisotopic (exact) mass is 419 g/mol. The molecule has 0 aliphatic carbocycles. The van der Waals surface area contributed by atoms with Crippen molar-refractivity contribution in [1.29, 1.82) is 0 Å². The third-order valence-corrected chi connectivity index (χ3v) is 6.63. The predicted molar refractivity (Wildman–Crippen MR) is 121 cm³/mol. The maximum absolute atomic E-state index is 13.9. The van der Waals surface area contributed by atoms with Gasteiger partial charge >= 0.3 is 0 Å². The number of benzene rings is 3. The van der Waals surface area contributed by atoms with Gasteiger partial charge in [-0.25, -0.2) is 0 Å². The molecule has 1 aliphatic rings. The zero-order valence-electron chi connectivity index (χ0n) is 17.2. The van der Waals surface area contributed by atoms with E-state index in [0.29, 0.717) is 18.0 Å². The molecule has 3 aromatic rings. The number of para-hydroxylation sites is 1. The maximum atomic E-state index is 13.9. The molecule has 30 heavy (non-hydrogen) atoms. The van der Waals surface area contributed by atoms with Gasteiger partial charge in [0, 0.05) is 17.9 Å². The quantitative estimate of drug-likeness (QED) is 0.557. The lowest BCUT2D eigenvalue weighted by Gasteiger charge is -2.30. The third-order valence-electron chi connectivity index (χ3n) is 5.39. The lowest BCUT2D eigenvalue weighted by Crippen LogP contribution is -2.35. The highest BCUT2D eigenvalue weighted by Crippen LogP contribution is 2.46. The van der Waals surface area contributed by atoms with E-state index in [2.05, 4.69) is 0 Å². The topological polar surface area (TPSA) is 38.8 Å². The second-order valence-electron chi connectivity index (χ2n) is 7.09. The van der Waals surface area contributed by atoms with Gasteiger partial charge in [0.05, 0.1) is 20.1 Å². The first-order valence-electron chi connectivity index (χ1n) is 9.97. The van der Waals surface area contributed by atoms with Crippen LogP contribution in [0.15, 0.2) is 78.9 Å². The normalized spacial score (nSPS) is 16.0. The number of carbonyl (C=O) groups is 1. The van der Waals surface area contributed by atoms with Gasteiger partial charge in [0.15, 0.2) is 11.5 Å². The Morgan fingerprint density at radius 2 is 1.53 bits per heavy atom. The summed E-state index contributed by atoms with van der Waals surface area (Å²) in [6.07, 6.45) is 0. The summed E-state index contributed by atoms with van der Waals surface area (Å²) >= 11 is 1.76. The molecule has 0 aromatic heterocycles. The van der Waals surface area contributed by atoms with Gasteiger partial charge < -0.3 is 14.4 Å². The molecule has 0 bridgehead atoms. The highest BCUT2D eigenvalue weighted by molar-refractivity contribution is 7.99. The standard InChI is InChI=1S/C25H25NO3S/c1-28-21-15-9-14-20(23(21)29-2)25-26(16-17-30-25)24(27)22(18-10-5-3-6-11-18)19-12-7-4-8-13-19/h3-15,22,25H,16-17H2,1-2H3/t25-/m0/s1. The molecule has 0 N–H and O–H groups in total. The molecular weight excluding hydrogens is 394 g/mol. The summed E-state index contributed by atoms with van der Waals surface area (Å²) in [5.41, 5.74) is 2.97. The van der Waals surface area contributed by atoms with E-state index < -0.39 is 0 Å². The largest absolute Gasteiger partial charge is 0.493 e. The van der Waals surface area contributed by atoms with Crippen LogP contribution >= 0.6 is 11.8 Å². The molecule has 1 atom stereocenters. The van der Waals surface area contributed by atoms with Crippen LogP contribution in [0.4, 0.5) is 0 Å². The van der Waals surface area contributed by atoms with Gasteiger partial charge in [0.1, 0.15) is 5.37 Å². The molecule has 5 heteroatoms. The summed E-state index contributed by atoms with van der Waals surface area (Å²) in [4.78, 5) is 15.9. The first-order chi connectivity index (χ1) is 14.7. The van der Waals surface area contributed by atoms with E-state index >= 15 is 0 Å². The fourth-order valence-electron chi connectivity index (χ4n) is 3.99. The first-order valence-corrected chi connectivity index (χ1v) is 11.0. The summed E-state index contributed by atoms with van der Waals surface area (Å²) in [5, 5.41) is -0.113. The van der Waals surface area contributed by atoms with Gasteiger partial charge in [-0.05, 0) is 17.2 Å². The number of thioether (sulfide) groups is 1. The Morgan fingerprint density at radius 3 is 2.10 bits per heavy atom. The average molecular weight is 420 g/mol. The number of rotatable bonds is 6. The van der Waals surface area contributed by atoms with Crippen LogP contribution in [-0.4, -0.2) is 37.3 Å². The number of nitrogens with zero attached hydrogens (tertiary/aromatic N) is 1. The van der Waals surface area contributed by atoms with Crippen molar-refractivity contribution < 1.29 is 14.3 Å². The summed E-state index contributed by atoms with van der Waals surface area (Å²) in [6, 6.07) is 25.9. The Hall–Kier alpha value is -2.92. The molecule has 4 nitrogen and oxygen atoms in total. The van der Waals surface area contributed by atoms with Crippen LogP contribution < -0.4 is 9.47 Å². The summed E-state index contributed by atoms with van der Waals surface area (Å²) in [5.74, 6) is 2.01. The average Bonchev–Trinajstić information content (AvgIpc) is 3.30. The minimum absolute atomic E-state index is 0.104. The highest BCUT2D eigenvalue weighted by Gasteiger charge is 2.37. The molecular formula is C25H25NO3S. The molecule has 154 valence electrons. The van der Waals surface area contributed by atoms with Crippen LogP contribution in [0.25, 0.3) is 0 Å². The van der Waals surface area contributed by atoms with Crippen LogP contribution in [0.1, 0.15) is 28.0 Å². The van der Waals surface area contributed by atoms with Gasteiger partial charge in [-0.1, -0.05) is 72.8 Å². The van der Waals surface area contributed by atoms with E-state index in [4.69, 9.17) is 9.47 Å². The molecule has 1 aliphatic heterocycles. The number of hydrogen-bond acceptors (Lipinski definition) is 4. The van der Waals surface area contributed by atoms with Crippen molar-refractivity contribution in [2.45, 2.75) is 11.3 Å². The maximum Gasteiger partial charge on any atom is 0.235 e. The van der Waals surface area contributed by atoms with E-state index in [0.717, 1.165) is 22.4 Å². The highest BCUT2D eigenvalue weighted by atomic mass is 32.2. The van der Waals surface area contributed by atoms with Gasteiger partial charge in [-0.2, -0.15) is 0 Å². The Morgan fingerprint density at radius 1 is 0.900 bits per heavy atom. The SMILES string of the molecule is COc1cccc([C@@H]2SCCN2C(=O)C(c2ccccc2)c2ccccc2)c1OC. The van der Waals surface area contributed by atoms with Crippen molar-refractivity contribution in [2.24, 2.45) is 0 Å². The summed E-state index contributed by atoms with van der Waals surface area (Å²) < 4.78 is 11.1. The first kappa shape index (κ1) is 20.4. The Kier molecular flexibility index (Phi) is 6.29. The van der Waals surface area contributed by atoms with Gasteiger partial charge in [0.2, 0.25) is 5.91 Å². The predicted octanol–water partition coefficient (Wildman–Crippen LogP) is 5.11. The molecule has 3 aromatic carbocycles. The van der Waals surface area contributed by atoms with Crippen molar-refractivity contribution in [3.05, 3.63) is 95.6 Å². The molecule has 0 unspecified atom stereocenters. The van der Waals surface area contributed by atoms with Crippen molar-refractivity contribution >= 4 is 17.7 Å². The van der Waals surface area contributed by atoms with Crippen LogP contribution in [0.5, 0.6) is 11.5 Å². The van der Waals surface area contributed by atoms with Crippen LogP contribution in [-0.2, 0) is 4.79 Å². The van der Waals surface area contributed by atoms with Crippen LogP contribution in [0, 0.1) is 0 Å². The number of ether oxygens (including phenoxy) is 2. The third kappa shape index (κ3) is 3.90. The fraction of sp³-hybridized carbons (Fsp3) is 0.240. The van der Waals surface area contributed by atoms with E-state index in [1.165, 1.54) is 0 Å². The number of hydrogen-bond donors (Lipinski definition) is 0. The Bertz CT molecular complexity index is 954. The van der Waals surface area contributed by atoms with E-state index in [-0.39, 0.29) is 17.2 Å². The van der Waals surface area contributed by atoms with Gasteiger partial charge in [-0.3, -0.25) is 4.79 Å². The van der Waals surface area contributed by atoms with E-state index in [1.54, 1.807) is 26.0 Å². The molecule has 1 heterocycles. The van der Waals surface area contributed by atoms with Crippen molar-refractivity contribution in [2.75, 3.05) is 26.5 Å². The molecule has 1 saturated heterocycles. The van der Waals surface area contributed by atoms with Gasteiger partial charge in [-0.15, -0.1) is 11.8 Å².